The van der Waals surface area contributed by atoms with Gasteiger partial charge >= 0.3 is 0 Å². The van der Waals surface area contributed by atoms with Crippen molar-refractivity contribution in [3.8, 4) is 0 Å². The third kappa shape index (κ3) is 6.44. The second-order valence-corrected chi connectivity index (χ2v) is 7.60. The fraction of sp³-hybridized carbons (Fsp3) is 0.632. The average Bonchev–Trinajstić information content (AvgIpc) is 3.22. The van der Waals surface area contributed by atoms with Gasteiger partial charge in [-0.3, -0.25) is 4.99 Å². The topological polar surface area (TPSA) is 58.3 Å². The summed E-state index contributed by atoms with van der Waals surface area (Å²) >= 11 is 1.74. The van der Waals surface area contributed by atoms with Gasteiger partial charge in [0.05, 0.1) is 0 Å². The highest BCUT2D eigenvalue weighted by atomic mass is 127. The van der Waals surface area contributed by atoms with Gasteiger partial charge in [0.25, 0.3) is 0 Å². The normalized spacial score (nSPS) is 14.2. The second kappa shape index (κ2) is 11.6. The Morgan fingerprint density at radius 2 is 2.22 bits per heavy atom. The van der Waals surface area contributed by atoms with Gasteiger partial charge in [-0.2, -0.15) is 11.3 Å². The summed E-state index contributed by atoms with van der Waals surface area (Å²) in [5, 5.41) is 16.5. The summed E-state index contributed by atoms with van der Waals surface area (Å²) < 4.78 is 2.34. The van der Waals surface area contributed by atoms with Crippen molar-refractivity contribution in [3.05, 3.63) is 34.0 Å². The summed E-state index contributed by atoms with van der Waals surface area (Å²) in [7, 11) is 2.09. The van der Waals surface area contributed by atoms with E-state index >= 15 is 0 Å². The number of thiophene rings is 1. The molecule has 0 saturated carbocycles. The number of fused-ring (bicyclic) bond motifs is 1. The van der Waals surface area contributed by atoms with E-state index in [1.165, 1.54) is 30.7 Å². The summed E-state index contributed by atoms with van der Waals surface area (Å²) in [6, 6.07) is 2.17. The average molecular weight is 502 g/mol. The van der Waals surface area contributed by atoms with Crippen LogP contribution in [0.1, 0.15) is 49.8 Å². The van der Waals surface area contributed by atoms with E-state index in [0.29, 0.717) is 0 Å². The quantitative estimate of drug-likeness (QED) is 0.272. The van der Waals surface area contributed by atoms with Gasteiger partial charge in [-0.1, -0.05) is 6.42 Å². The molecule has 0 spiro atoms. The molecule has 3 heterocycles. The standard InChI is InChI=1S/C19H30N6S.HI/c1-3-20-19(24(2)14-16-10-13-26-15-16)21-11-7-9-18-23-22-17-8-5-4-6-12-25(17)18;/h10,13,15H,3-9,11-12,14H2,1-2H3,(H,20,21);1H. The predicted octanol–water partition coefficient (Wildman–Crippen LogP) is 3.71. The Kier molecular flexibility index (Phi) is 9.53. The Labute approximate surface area is 183 Å². The van der Waals surface area contributed by atoms with E-state index in [1.807, 2.05) is 0 Å². The summed E-state index contributed by atoms with van der Waals surface area (Å²) in [5.74, 6) is 3.28. The number of aliphatic imine (C=N–C) groups is 1. The third-order valence-electron chi connectivity index (χ3n) is 4.70. The first-order valence-electron chi connectivity index (χ1n) is 9.69. The maximum absolute atomic E-state index is 4.80. The number of aryl methyl sites for hydroxylation is 2. The Balaban J connectivity index is 0.00000261. The van der Waals surface area contributed by atoms with Crippen molar-refractivity contribution in [3.63, 3.8) is 0 Å². The first-order valence-corrected chi connectivity index (χ1v) is 10.6. The van der Waals surface area contributed by atoms with Crippen LogP contribution < -0.4 is 5.32 Å². The van der Waals surface area contributed by atoms with Crippen LogP contribution in [0.3, 0.4) is 0 Å². The highest BCUT2D eigenvalue weighted by Gasteiger charge is 2.14. The van der Waals surface area contributed by atoms with Gasteiger partial charge in [0.1, 0.15) is 11.6 Å². The fourth-order valence-electron chi connectivity index (χ4n) is 3.35. The van der Waals surface area contributed by atoms with Gasteiger partial charge in [-0.15, -0.1) is 34.2 Å². The molecule has 1 N–H and O–H groups in total. The molecule has 0 fully saturated rings. The number of guanidine groups is 1. The molecule has 1 aliphatic heterocycles. The van der Waals surface area contributed by atoms with E-state index in [-0.39, 0.29) is 24.0 Å². The van der Waals surface area contributed by atoms with Gasteiger partial charge in [0.2, 0.25) is 0 Å². The molecule has 0 radical (unpaired) electrons. The summed E-state index contributed by atoms with van der Waals surface area (Å²) in [4.78, 5) is 6.99. The number of hydrogen-bond donors (Lipinski definition) is 1. The highest BCUT2D eigenvalue weighted by Crippen LogP contribution is 2.15. The minimum atomic E-state index is 0. The first-order chi connectivity index (χ1) is 12.8. The maximum atomic E-state index is 4.80. The lowest BCUT2D eigenvalue weighted by Gasteiger charge is -2.21. The number of hydrogen-bond acceptors (Lipinski definition) is 4. The lowest BCUT2D eigenvalue weighted by molar-refractivity contribution is 0.477. The van der Waals surface area contributed by atoms with E-state index in [9.17, 15) is 0 Å². The van der Waals surface area contributed by atoms with E-state index in [2.05, 4.69) is 55.8 Å². The van der Waals surface area contributed by atoms with Gasteiger partial charge < -0.3 is 14.8 Å². The number of rotatable bonds is 7. The van der Waals surface area contributed by atoms with Gasteiger partial charge in [0, 0.05) is 46.1 Å². The Hall–Kier alpha value is -1.16. The number of halogens is 1. The second-order valence-electron chi connectivity index (χ2n) is 6.82. The van der Waals surface area contributed by atoms with E-state index in [0.717, 1.165) is 57.2 Å². The summed E-state index contributed by atoms with van der Waals surface area (Å²) in [5.41, 5.74) is 1.33. The van der Waals surface area contributed by atoms with Crippen molar-refractivity contribution in [2.24, 2.45) is 4.99 Å². The predicted molar refractivity (Wildman–Crippen MR) is 123 cm³/mol. The van der Waals surface area contributed by atoms with E-state index in [1.54, 1.807) is 11.3 Å². The van der Waals surface area contributed by atoms with Crippen LogP contribution in [0.25, 0.3) is 0 Å². The molecular weight excluding hydrogens is 471 g/mol. The number of nitrogens with one attached hydrogen (secondary N) is 1. The molecule has 0 unspecified atom stereocenters. The molecule has 150 valence electrons. The lowest BCUT2D eigenvalue weighted by atomic mass is 10.2. The van der Waals surface area contributed by atoms with Gasteiger partial charge in [-0.05, 0) is 48.6 Å². The Bertz CT molecular complexity index is 697. The monoisotopic (exact) mass is 502 g/mol. The molecule has 6 nitrogen and oxygen atoms in total. The molecule has 0 saturated heterocycles. The minimum Gasteiger partial charge on any atom is -0.357 e. The zero-order valence-corrected chi connectivity index (χ0v) is 19.5. The zero-order chi connectivity index (χ0) is 18.2. The number of nitrogens with zero attached hydrogens (tertiary/aromatic N) is 5. The maximum Gasteiger partial charge on any atom is 0.193 e. The van der Waals surface area contributed by atoms with E-state index < -0.39 is 0 Å². The van der Waals surface area contributed by atoms with Crippen molar-refractivity contribution >= 4 is 41.3 Å². The van der Waals surface area contributed by atoms with Crippen LogP contribution in [-0.2, 0) is 25.9 Å². The molecule has 3 rings (SSSR count). The molecule has 2 aromatic rings. The summed E-state index contributed by atoms with van der Waals surface area (Å²) in [6.45, 7) is 5.75. The minimum absolute atomic E-state index is 0. The van der Waals surface area contributed by atoms with Crippen LogP contribution in [-0.4, -0.2) is 45.8 Å². The van der Waals surface area contributed by atoms with Crippen LogP contribution in [0, 0.1) is 0 Å². The summed E-state index contributed by atoms with van der Waals surface area (Å²) in [6.07, 6.45) is 6.81. The van der Waals surface area contributed by atoms with Crippen LogP contribution in [0.15, 0.2) is 21.8 Å². The molecule has 1 aliphatic rings. The van der Waals surface area contributed by atoms with E-state index in [4.69, 9.17) is 4.99 Å². The third-order valence-corrected chi connectivity index (χ3v) is 5.43. The number of aromatic nitrogens is 3. The largest absolute Gasteiger partial charge is 0.357 e. The lowest BCUT2D eigenvalue weighted by Crippen LogP contribution is -2.38. The molecular formula is C19H31IN6S. The molecule has 0 aliphatic carbocycles. The zero-order valence-electron chi connectivity index (χ0n) is 16.4. The van der Waals surface area contributed by atoms with Crippen molar-refractivity contribution in [2.45, 2.75) is 58.5 Å². The SMILES string of the molecule is CCNC(=NCCCc1nnc2n1CCCCC2)N(C)Cc1ccsc1.I. The fourth-order valence-corrected chi connectivity index (χ4v) is 4.01. The molecule has 0 bridgehead atoms. The Morgan fingerprint density at radius 1 is 1.33 bits per heavy atom. The van der Waals surface area contributed by atoms with Crippen LogP contribution in [0.4, 0.5) is 0 Å². The van der Waals surface area contributed by atoms with Crippen molar-refractivity contribution in [1.29, 1.82) is 0 Å². The van der Waals surface area contributed by atoms with Crippen molar-refractivity contribution < 1.29 is 0 Å². The van der Waals surface area contributed by atoms with Crippen LogP contribution in [0.2, 0.25) is 0 Å². The molecule has 0 aromatic carbocycles. The van der Waals surface area contributed by atoms with Gasteiger partial charge in [0.15, 0.2) is 5.96 Å². The molecule has 0 amide bonds. The molecule has 2 aromatic heterocycles. The van der Waals surface area contributed by atoms with Crippen LogP contribution in [0.5, 0.6) is 0 Å². The molecule has 8 heteroatoms. The first kappa shape index (κ1) is 22.1. The highest BCUT2D eigenvalue weighted by molar-refractivity contribution is 14.0. The van der Waals surface area contributed by atoms with Crippen molar-refractivity contribution in [1.82, 2.24) is 25.0 Å². The Morgan fingerprint density at radius 3 is 3.00 bits per heavy atom. The van der Waals surface area contributed by atoms with Gasteiger partial charge in [-0.25, -0.2) is 0 Å². The smallest absolute Gasteiger partial charge is 0.193 e. The molecule has 27 heavy (non-hydrogen) atoms. The van der Waals surface area contributed by atoms with Crippen LogP contribution >= 0.6 is 35.3 Å². The van der Waals surface area contributed by atoms with Crippen molar-refractivity contribution in [2.75, 3.05) is 20.1 Å². The molecule has 0 atom stereocenters.